The molecule has 10 heteroatoms. The number of anilines is 1. The molecular formula is C29H39F2N3O4S. The van der Waals surface area contributed by atoms with E-state index in [-0.39, 0.29) is 42.9 Å². The van der Waals surface area contributed by atoms with Crippen molar-refractivity contribution < 1.29 is 26.8 Å². The highest BCUT2D eigenvalue weighted by Crippen LogP contribution is 2.22. The maximum absolute atomic E-state index is 13.8. The zero-order chi connectivity index (χ0) is 28.4. The molecular weight excluding hydrogens is 524 g/mol. The summed E-state index contributed by atoms with van der Waals surface area (Å²) in [5.41, 5.74) is 1.03. The topological polar surface area (TPSA) is 86.8 Å². The molecule has 39 heavy (non-hydrogen) atoms. The number of carbonyl (C=O) groups is 2. The van der Waals surface area contributed by atoms with Gasteiger partial charge in [0.1, 0.15) is 6.04 Å². The molecule has 0 aromatic heterocycles. The van der Waals surface area contributed by atoms with Crippen LogP contribution >= 0.6 is 0 Å². The van der Waals surface area contributed by atoms with Gasteiger partial charge in [0.25, 0.3) is 0 Å². The minimum Gasteiger partial charge on any atom is -0.352 e. The molecule has 1 atom stereocenters. The van der Waals surface area contributed by atoms with Crippen molar-refractivity contribution in [2.45, 2.75) is 76.8 Å². The SMILES string of the molecule is CC[C@@H](C(=O)NC1CCCCC1)N(CCc1ccccc1)C(=O)CCCN(c1ccc(F)c(F)c1)S(C)(=O)=O. The fourth-order valence-electron chi connectivity index (χ4n) is 5.08. The summed E-state index contributed by atoms with van der Waals surface area (Å²) >= 11 is 0. The van der Waals surface area contributed by atoms with Gasteiger partial charge in [-0.15, -0.1) is 0 Å². The molecule has 2 aromatic rings. The van der Waals surface area contributed by atoms with Gasteiger partial charge < -0.3 is 10.2 Å². The highest BCUT2D eigenvalue weighted by atomic mass is 32.2. The summed E-state index contributed by atoms with van der Waals surface area (Å²) < 4.78 is 52.9. The second-order valence-electron chi connectivity index (χ2n) is 10.1. The number of amides is 2. The average molecular weight is 564 g/mol. The Morgan fingerprint density at radius 1 is 1.00 bits per heavy atom. The van der Waals surface area contributed by atoms with Gasteiger partial charge in [0.2, 0.25) is 21.8 Å². The molecule has 1 aliphatic carbocycles. The summed E-state index contributed by atoms with van der Waals surface area (Å²) in [6, 6.07) is 12.1. The van der Waals surface area contributed by atoms with E-state index in [9.17, 15) is 26.8 Å². The van der Waals surface area contributed by atoms with Gasteiger partial charge in [0.05, 0.1) is 11.9 Å². The van der Waals surface area contributed by atoms with Crippen LogP contribution in [0.25, 0.3) is 0 Å². The minimum absolute atomic E-state index is 0.00229. The standard InChI is InChI=1S/C29H39F2N3O4S/c1-3-27(29(36)32-23-13-8-5-9-14-23)33(20-18-22-11-6-4-7-12-22)28(35)15-10-19-34(39(2,37)38)24-16-17-25(30)26(31)21-24/h4,6-7,11-12,16-17,21,23,27H,3,5,8-10,13-15,18-20H2,1-2H3,(H,32,36)/t27-/m0/s1. The molecule has 0 saturated heterocycles. The number of sulfonamides is 1. The van der Waals surface area contributed by atoms with Crippen molar-refractivity contribution in [2.24, 2.45) is 0 Å². The summed E-state index contributed by atoms with van der Waals surface area (Å²) in [7, 11) is -3.81. The Bertz CT molecular complexity index is 1200. The molecule has 0 unspecified atom stereocenters. The molecule has 1 aliphatic rings. The Hall–Kier alpha value is -3.01. The summed E-state index contributed by atoms with van der Waals surface area (Å²) in [4.78, 5) is 28.4. The first kappa shape index (κ1) is 30.5. The molecule has 0 radical (unpaired) electrons. The number of carbonyl (C=O) groups excluding carboxylic acids is 2. The van der Waals surface area contributed by atoms with Crippen LogP contribution in [0.4, 0.5) is 14.5 Å². The van der Waals surface area contributed by atoms with E-state index < -0.39 is 27.7 Å². The zero-order valence-corrected chi connectivity index (χ0v) is 23.6. The van der Waals surface area contributed by atoms with Crippen LogP contribution in [-0.2, 0) is 26.0 Å². The predicted octanol–water partition coefficient (Wildman–Crippen LogP) is 4.81. The van der Waals surface area contributed by atoms with Crippen LogP contribution in [-0.4, -0.2) is 56.6 Å². The molecule has 0 heterocycles. The van der Waals surface area contributed by atoms with Crippen molar-refractivity contribution in [3.05, 3.63) is 65.7 Å². The third kappa shape index (κ3) is 9.02. The molecule has 3 rings (SSSR count). The molecule has 2 amide bonds. The van der Waals surface area contributed by atoms with Gasteiger partial charge in [0.15, 0.2) is 11.6 Å². The van der Waals surface area contributed by atoms with Crippen molar-refractivity contribution in [3.63, 3.8) is 0 Å². The molecule has 1 N–H and O–H groups in total. The van der Waals surface area contributed by atoms with E-state index in [4.69, 9.17) is 0 Å². The van der Waals surface area contributed by atoms with Crippen LogP contribution in [0.3, 0.4) is 0 Å². The molecule has 0 bridgehead atoms. The summed E-state index contributed by atoms with van der Waals surface area (Å²) in [6.07, 6.45) is 7.33. The fraction of sp³-hybridized carbons (Fsp3) is 0.517. The monoisotopic (exact) mass is 563 g/mol. The summed E-state index contributed by atoms with van der Waals surface area (Å²) in [6.45, 7) is 2.13. The number of nitrogens with one attached hydrogen (secondary N) is 1. The van der Waals surface area contributed by atoms with Gasteiger partial charge in [-0.2, -0.15) is 0 Å². The number of halogens is 2. The average Bonchev–Trinajstić information content (AvgIpc) is 2.91. The van der Waals surface area contributed by atoms with Gasteiger partial charge in [0, 0.05) is 31.6 Å². The molecule has 1 saturated carbocycles. The Morgan fingerprint density at radius 2 is 1.69 bits per heavy atom. The minimum atomic E-state index is -3.81. The second kappa shape index (κ2) is 14.4. The Balaban J connectivity index is 1.72. The summed E-state index contributed by atoms with van der Waals surface area (Å²) in [5, 5.41) is 3.14. The first-order valence-corrected chi connectivity index (χ1v) is 15.5. The van der Waals surface area contributed by atoms with Crippen molar-refractivity contribution in [3.8, 4) is 0 Å². The van der Waals surface area contributed by atoms with E-state index in [2.05, 4.69) is 5.32 Å². The lowest BCUT2D eigenvalue weighted by Gasteiger charge is -2.33. The van der Waals surface area contributed by atoms with Crippen molar-refractivity contribution in [1.29, 1.82) is 0 Å². The normalized spacial score (nSPS) is 15.0. The lowest BCUT2D eigenvalue weighted by Crippen LogP contribution is -2.52. The molecule has 2 aromatic carbocycles. The first-order valence-electron chi connectivity index (χ1n) is 13.7. The van der Waals surface area contributed by atoms with Gasteiger partial charge in [-0.05, 0) is 49.8 Å². The Labute approximate surface area is 230 Å². The summed E-state index contributed by atoms with van der Waals surface area (Å²) in [5.74, 6) is -2.65. The largest absolute Gasteiger partial charge is 0.352 e. The van der Waals surface area contributed by atoms with E-state index in [1.165, 1.54) is 12.5 Å². The van der Waals surface area contributed by atoms with Gasteiger partial charge >= 0.3 is 0 Å². The van der Waals surface area contributed by atoms with E-state index in [1.54, 1.807) is 4.90 Å². The lowest BCUT2D eigenvalue weighted by atomic mass is 9.95. The molecule has 214 valence electrons. The van der Waals surface area contributed by atoms with Crippen LogP contribution in [0.15, 0.2) is 48.5 Å². The van der Waals surface area contributed by atoms with Gasteiger partial charge in [-0.1, -0.05) is 56.5 Å². The predicted molar refractivity (Wildman–Crippen MR) is 149 cm³/mol. The fourth-order valence-corrected chi connectivity index (χ4v) is 6.04. The maximum atomic E-state index is 13.8. The molecule has 7 nitrogen and oxygen atoms in total. The lowest BCUT2D eigenvalue weighted by molar-refractivity contribution is -0.141. The first-order chi connectivity index (χ1) is 18.6. The highest BCUT2D eigenvalue weighted by molar-refractivity contribution is 7.92. The number of rotatable bonds is 13. The van der Waals surface area contributed by atoms with E-state index >= 15 is 0 Å². The molecule has 1 fully saturated rings. The van der Waals surface area contributed by atoms with Gasteiger partial charge in [-0.3, -0.25) is 13.9 Å². The second-order valence-corrected chi connectivity index (χ2v) is 12.0. The van der Waals surface area contributed by atoms with Crippen LogP contribution < -0.4 is 9.62 Å². The number of benzene rings is 2. The van der Waals surface area contributed by atoms with E-state index in [0.717, 1.165) is 53.9 Å². The van der Waals surface area contributed by atoms with Crippen molar-refractivity contribution in [1.82, 2.24) is 10.2 Å². The third-order valence-corrected chi connectivity index (χ3v) is 8.36. The Kier molecular flexibility index (Phi) is 11.3. The quantitative estimate of drug-likeness (QED) is 0.379. The maximum Gasteiger partial charge on any atom is 0.243 e. The van der Waals surface area contributed by atoms with Gasteiger partial charge in [-0.25, -0.2) is 17.2 Å². The number of hydrogen-bond donors (Lipinski definition) is 1. The van der Waals surface area contributed by atoms with E-state index in [0.29, 0.717) is 19.4 Å². The molecule has 0 spiro atoms. The van der Waals surface area contributed by atoms with Crippen molar-refractivity contribution in [2.75, 3.05) is 23.7 Å². The van der Waals surface area contributed by atoms with Crippen LogP contribution in [0.1, 0.15) is 63.9 Å². The van der Waals surface area contributed by atoms with Crippen LogP contribution in [0.2, 0.25) is 0 Å². The highest BCUT2D eigenvalue weighted by Gasteiger charge is 2.30. The Morgan fingerprint density at radius 3 is 2.31 bits per heavy atom. The van der Waals surface area contributed by atoms with Crippen LogP contribution in [0, 0.1) is 11.6 Å². The number of nitrogens with zero attached hydrogens (tertiary/aromatic N) is 2. The van der Waals surface area contributed by atoms with Crippen LogP contribution in [0.5, 0.6) is 0 Å². The third-order valence-electron chi connectivity index (χ3n) is 7.17. The molecule has 0 aliphatic heterocycles. The number of hydrogen-bond acceptors (Lipinski definition) is 4. The zero-order valence-electron chi connectivity index (χ0n) is 22.7. The van der Waals surface area contributed by atoms with Crippen molar-refractivity contribution >= 4 is 27.5 Å². The van der Waals surface area contributed by atoms with E-state index in [1.807, 2.05) is 37.3 Å². The smallest absolute Gasteiger partial charge is 0.243 e.